The summed E-state index contributed by atoms with van der Waals surface area (Å²) < 4.78 is 1.07. The number of hydrogen-bond donors (Lipinski definition) is 0. The predicted octanol–water partition coefficient (Wildman–Crippen LogP) is 6.88. The topological polar surface area (TPSA) is 15.6 Å². The molecule has 0 radical (unpaired) electrons. The highest BCUT2D eigenvalue weighted by Crippen LogP contribution is 2.44. The summed E-state index contributed by atoms with van der Waals surface area (Å²) in [5.41, 5.74) is 5.78. The van der Waals surface area contributed by atoms with Gasteiger partial charge in [0.25, 0.3) is 0 Å². The second-order valence-electron chi connectivity index (χ2n) is 7.60. The molecule has 0 fully saturated rings. The SMILES string of the molecule is Cc1cc(Br)ccc1N=Cc1cc2c(cc1Cl)N(C)C(C)(C)CC2C. The van der Waals surface area contributed by atoms with Crippen LogP contribution in [0, 0.1) is 6.92 Å². The molecule has 3 rings (SSSR count). The van der Waals surface area contributed by atoms with E-state index in [1.165, 1.54) is 11.3 Å². The molecule has 2 aromatic rings. The third kappa shape index (κ3) is 3.63. The molecule has 0 aliphatic carbocycles. The summed E-state index contributed by atoms with van der Waals surface area (Å²) in [5.74, 6) is 0.500. The van der Waals surface area contributed by atoms with Crippen LogP contribution >= 0.6 is 27.5 Å². The summed E-state index contributed by atoms with van der Waals surface area (Å²) in [6.45, 7) is 8.92. The van der Waals surface area contributed by atoms with Crippen LogP contribution in [0.15, 0.2) is 39.8 Å². The van der Waals surface area contributed by atoms with Crippen LogP contribution in [0.25, 0.3) is 0 Å². The Morgan fingerprint density at radius 3 is 2.68 bits per heavy atom. The summed E-state index contributed by atoms with van der Waals surface area (Å²) >= 11 is 10.1. The number of nitrogens with zero attached hydrogens (tertiary/aromatic N) is 2. The first-order chi connectivity index (χ1) is 11.7. The quantitative estimate of drug-likeness (QED) is 0.484. The maximum atomic E-state index is 6.57. The molecule has 0 spiro atoms. The van der Waals surface area contributed by atoms with Crippen molar-refractivity contribution in [3.8, 4) is 0 Å². The van der Waals surface area contributed by atoms with Gasteiger partial charge in [0.1, 0.15) is 0 Å². The number of anilines is 1. The van der Waals surface area contributed by atoms with Crippen LogP contribution in [-0.4, -0.2) is 18.8 Å². The van der Waals surface area contributed by atoms with Crippen LogP contribution in [0.4, 0.5) is 11.4 Å². The molecule has 1 unspecified atom stereocenters. The van der Waals surface area contributed by atoms with E-state index in [0.29, 0.717) is 5.92 Å². The third-order valence-electron chi connectivity index (χ3n) is 5.25. The predicted molar refractivity (Wildman–Crippen MR) is 113 cm³/mol. The molecule has 0 N–H and O–H groups in total. The lowest BCUT2D eigenvalue weighted by Crippen LogP contribution is -2.45. The van der Waals surface area contributed by atoms with Gasteiger partial charge in [0.15, 0.2) is 0 Å². The Balaban J connectivity index is 1.99. The lowest BCUT2D eigenvalue weighted by molar-refractivity contribution is 0.395. The lowest BCUT2D eigenvalue weighted by atomic mass is 9.80. The summed E-state index contributed by atoms with van der Waals surface area (Å²) in [5, 5.41) is 0.744. The summed E-state index contributed by atoms with van der Waals surface area (Å²) in [6.07, 6.45) is 3.01. The fraction of sp³-hybridized carbons (Fsp3) is 0.381. The van der Waals surface area contributed by atoms with E-state index in [9.17, 15) is 0 Å². The van der Waals surface area contributed by atoms with Gasteiger partial charge < -0.3 is 4.90 Å². The average Bonchev–Trinajstić information content (AvgIpc) is 2.52. The van der Waals surface area contributed by atoms with Crippen molar-refractivity contribution in [2.24, 2.45) is 4.99 Å². The van der Waals surface area contributed by atoms with Crippen LogP contribution in [-0.2, 0) is 0 Å². The number of halogens is 2. The largest absolute Gasteiger partial charge is 0.369 e. The Morgan fingerprint density at radius 1 is 1.28 bits per heavy atom. The number of hydrogen-bond acceptors (Lipinski definition) is 2. The van der Waals surface area contributed by atoms with Crippen LogP contribution in [0.3, 0.4) is 0 Å². The van der Waals surface area contributed by atoms with Crippen molar-refractivity contribution >= 4 is 45.1 Å². The van der Waals surface area contributed by atoms with Crippen molar-refractivity contribution in [2.75, 3.05) is 11.9 Å². The molecule has 1 aliphatic heterocycles. The summed E-state index contributed by atoms with van der Waals surface area (Å²) in [7, 11) is 2.15. The first-order valence-electron chi connectivity index (χ1n) is 8.56. The highest BCUT2D eigenvalue weighted by Gasteiger charge is 2.34. The van der Waals surface area contributed by atoms with Crippen molar-refractivity contribution in [3.05, 3.63) is 56.5 Å². The Morgan fingerprint density at radius 2 is 2.00 bits per heavy atom. The second-order valence-corrected chi connectivity index (χ2v) is 8.92. The second kappa shape index (κ2) is 6.77. The molecule has 0 amide bonds. The molecule has 0 aromatic heterocycles. The smallest absolute Gasteiger partial charge is 0.0659 e. The number of benzene rings is 2. The molecule has 0 saturated heterocycles. The van der Waals surface area contributed by atoms with Crippen molar-refractivity contribution in [3.63, 3.8) is 0 Å². The van der Waals surface area contributed by atoms with E-state index in [1.807, 2.05) is 18.3 Å². The van der Waals surface area contributed by atoms with Gasteiger partial charge in [-0.2, -0.15) is 0 Å². The van der Waals surface area contributed by atoms with Crippen LogP contribution in [0.2, 0.25) is 5.02 Å². The zero-order valence-electron chi connectivity index (χ0n) is 15.4. The monoisotopic (exact) mass is 418 g/mol. The van der Waals surface area contributed by atoms with Gasteiger partial charge in [-0.25, -0.2) is 0 Å². The van der Waals surface area contributed by atoms with E-state index in [2.05, 4.69) is 78.8 Å². The molecular weight excluding hydrogens is 396 g/mol. The standard InChI is InChI=1S/C21H24BrClN2/c1-13-8-16(22)6-7-19(13)24-12-15-9-17-14(2)11-21(3,4)25(5)20(17)10-18(15)23/h6-10,12,14H,11H2,1-5H3. The van der Waals surface area contributed by atoms with Crippen molar-refractivity contribution in [1.29, 1.82) is 0 Å². The molecule has 0 bridgehead atoms. The van der Waals surface area contributed by atoms with Gasteiger partial charge in [0, 0.05) is 34.5 Å². The molecule has 1 aliphatic rings. The van der Waals surface area contributed by atoms with Gasteiger partial charge in [-0.3, -0.25) is 4.99 Å². The molecule has 2 nitrogen and oxygen atoms in total. The van der Waals surface area contributed by atoms with Gasteiger partial charge in [-0.15, -0.1) is 0 Å². The zero-order chi connectivity index (χ0) is 18.4. The Hall–Kier alpha value is -1.32. The third-order valence-corrected chi connectivity index (χ3v) is 6.07. The first kappa shape index (κ1) is 18.5. The molecule has 2 aromatic carbocycles. The minimum Gasteiger partial charge on any atom is -0.369 e. The van der Waals surface area contributed by atoms with E-state index < -0.39 is 0 Å². The van der Waals surface area contributed by atoms with Crippen molar-refractivity contribution in [2.45, 2.75) is 45.6 Å². The minimum atomic E-state index is 0.139. The first-order valence-corrected chi connectivity index (χ1v) is 9.73. The molecule has 1 heterocycles. The fourth-order valence-electron chi connectivity index (χ4n) is 3.61. The summed E-state index contributed by atoms with van der Waals surface area (Å²) in [4.78, 5) is 7.00. The van der Waals surface area contributed by atoms with E-state index in [4.69, 9.17) is 11.6 Å². The highest BCUT2D eigenvalue weighted by molar-refractivity contribution is 9.10. The van der Waals surface area contributed by atoms with Crippen LogP contribution < -0.4 is 4.90 Å². The molecule has 1 atom stereocenters. The lowest BCUT2D eigenvalue weighted by Gasteiger charge is -2.45. The molecule has 0 saturated carbocycles. The zero-order valence-corrected chi connectivity index (χ0v) is 17.7. The molecule has 132 valence electrons. The van der Waals surface area contributed by atoms with E-state index >= 15 is 0 Å². The molecule has 25 heavy (non-hydrogen) atoms. The maximum absolute atomic E-state index is 6.57. The number of aryl methyl sites for hydroxylation is 1. The summed E-state index contributed by atoms with van der Waals surface area (Å²) in [6, 6.07) is 10.4. The minimum absolute atomic E-state index is 0.139. The van der Waals surface area contributed by atoms with Crippen molar-refractivity contribution < 1.29 is 0 Å². The normalized spacial score (nSPS) is 19.3. The van der Waals surface area contributed by atoms with Gasteiger partial charge >= 0.3 is 0 Å². The fourth-order valence-corrected chi connectivity index (χ4v) is 4.29. The van der Waals surface area contributed by atoms with Crippen LogP contribution in [0.5, 0.6) is 0 Å². The average molecular weight is 420 g/mol. The van der Waals surface area contributed by atoms with Crippen LogP contribution in [0.1, 0.15) is 49.8 Å². The Bertz CT molecular complexity index is 842. The van der Waals surface area contributed by atoms with Crippen molar-refractivity contribution in [1.82, 2.24) is 0 Å². The molecular formula is C21H24BrClN2. The highest BCUT2D eigenvalue weighted by atomic mass is 79.9. The maximum Gasteiger partial charge on any atom is 0.0659 e. The van der Waals surface area contributed by atoms with Gasteiger partial charge in [-0.1, -0.05) is 34.5 Å². The van der Waals surface area contributed by atoms with Gasteiger partial charge in [0.05, 0.1) is 10.7 Å². The molecule has 4 heteroatoms. The van der Waals surface area contributed by atoms with Gasteiger partial charge in [0.2, 0.25) is 0 Å². The Kier molecular flexibility index (Phi) is 5.00. The Labute approximate surface area is 164 Å². The number of fused-ring (bicyclic) bond motifs is 1. The van der Waals surface area contributed by atoms with E-state index in [-0.39, 0.29) is 5.54 Å². The van der Waals surface area contributed by atoms with Gasteiger partial charge in [-0.05, 0) is 74.6 Å². The van der Waals surface area contributed by atoms with E-state index in [0.717, 1.165) is 32.7 Å². The van der Waals surface area contributed by atoms with E-state index in [1.54, 1.807) is 0 Å². The number of aliphatic imine (C=N–C) groups is 1. The number of rotatable bonds is 2.